The van der Waals surface area contributed by atoms with Crippen LogP contribution >= 0.6 is 11.6 Å². The minimum atomic E-state index is -1.05. The smallest absolute Gasteiger partial charge is 0.226 e. The molecule has 30 heavy (non-hydrogen) atoms. The normalized spacial score (nSPS) is 27.5. The predicted octanol–water partition coefficient (Wildman–Crippen LogP) is 1.70. The summed E-state index contributed by atoms with van der Waals surface area (Å²) in [6.07, 6.45) is 1.01. The molecule has 0 spiro atoms. The Kier molecular flexibility index (Phi) is 4.44. The molecule has 2 aliphatic rings. The average molecular weight is 438 g/mol. The summed E-state index contributed by atoms with van der Waals surface area (Å²) in [5, 5.41) is 32.4. The minimum absolute atomic E-state index is 0.0253. The molecule has 0 amide bonds. The summed E-state index contributed by atoms with van der Waals surface area (Å²) >= 11 is 6.10. The van der Waals surface area contributed by atoms with Gasteiger partial charge in [0, 0.05) is 18.0 Å². The van der Waals surface area contributed by atoms with Crippen LogP contribution in [0.4, 0.5) is 14.6 Å². The van der Waals surface area contributed by atoms with Gasteiger partial charge < -0.3 is 25.2 Å². The van der Waals surface area contributed by atoms with Crippen molar-refractivity contribution in [3.05, 3.63) is 46.5 Å². The molecule has 158 valence electrons. The molecule has 2 saturated carbocycles. The van der Waals surface area contributed by atoms with Crippen LogP contribution in [0.3, 0.4) is 0 Å². The number of rotatable bonds is 5. The third-order valence-electron chi connectivity index (χ3n) is 6.22. The average Bonchev–Trinajstić information content (AvgIpc) is 3.17. The van der Waals surface area contributed by atoms with Gasteiger partial charge in [-0.3, -0.25) is 0 Å². The van der Waals surface area contributed by atoms with Crippen LogP contribution in [0, 0.1) is 17.6 Å². The van der Waals surface area contributed by atoms with E-state index in [0.717, 1.165) is 6.07 Å². The molecular weight excluding hydrogens is 420 g/mol. The van der Waals surface area contributed by atoms with Crippen LogP contribution in [-0.2, 0) is 18.7 Å². The monoisotopic (exact) mass is 437 g/mol. The lowest BCUT2D eigenvalue weighted by atomic mass is 10.1. The van der Waals surface area contributed by atoms with Crippen LogP contribution in [0.1, 0.15) is 24.0 Å². The summed E-state index contributed by atoms with van der Waals surface area (Å²) in [7, 11) is 0. The first-order chi connectivity index (χ1) is 14.4. The van der Waals surface area contributed by atoms with Crippen LogP contribution in [0.15, 0.2) is 18.5 Å². The fourth-order valence-corrected chi connectivity index (χ4v) is 4.75. The quantitative estimate of drug-likeness (QED) is 0.449. The summed E-state index contributed by atoms with van der Waals surface area (Å²) in [5.74, 6) is -1.94. The number of hydrogen-bond donors (Lipinski definition) is 4. The number of hydrogen-bond acceptors (Lipinski definition) is 7. The highest BCUT2D eigenvalue weighted by Crippen LogP contribution is 2.62. The Hall–Kier alpha value is -2.40. The van der Waals surface area contributed by atoms with Gasteiger partial charge >= 0.3 is 0 Å². The van der Waals surface area contributed by atoms with E-state index in [1.54, 1.807) is 10.9 Å². The molecule has 0 bridgehead atoms. The lowest BCUT2D eigenvalue weighted by Crippen LogP contribution is -2.23. The summed E-state index contributed by atoms with van der Waals surface area (Å²) in [5.41, 5.74) is 0.544. The summed E-state index contributed by atoms with van der Waals surface area (Å²) < 4.78 is 29.7. The second-order valence-corrected chi connectivity index (χ2v) is 8.15. The van der Waals surface area contributed by atoms with Crippen LogP contribution in [0.2, 0.25) is 5.28 Å². The summed E-state index contributed by atoms with van der Waals surface area (Å²) in [4.78, 5) is 12.7. The highest BCUT2D eigenvalue weighted by atomic mass is 35.5. The van der Waals surface area contributed by atoms with Crippen molar-refractivity contribution in [1.29, 1.82) is 0 Å². The van der Waals surface area contributed by atoms with Crippen molar-refractivity contribution >= 4 is 28.6 Å². The first-order valence-electron chi connectivity index (χ1n) is 9.43. The Labute approximate surface area is 174 Å². The Morgan fingerprint density at radius 2 is 2.03 bits per heavy atom. The maximum absolute atomic E-state index is 14.2. The molecular formula is C19H18ClF2N5O3. The Morgan fingerprint density at radius 3 is 2.73 bits per heavy atom. The van der Waals surface area contributed by atoms with Crippen LogP contribution in [0.25, 0.3) is 11.2 Å². The van der Waals surface area contributed by atoms with E-state index in [2.05, 4.69) is 20.3 Å². The van der Waals surface area contributed by atoms with Gasteiger partial charge in [0.2, 0.25) is 5.28 Å². The van der Waals surface area contributed by atoms with E-state index in [9.17, 15) is 24.1 Å². The number of fused-ring (bicyclic) bond motifs is 2. The highest BCUT2D eigenvalue weighted by molar-refractivity contribution is 6.28. The first kappa shape index (κ1) is 19.6. The third-order valence-corrected chi connectivity index (χ3v) is 6.39. The molecule has 3 aromatic rings. The number of nitrogens with one attached hydrogen (secondary N) is 1. The van der Waals surface area contributed by atoms with Gasteiger partial charge in [-0.1, -0.05) is 6.07 Å². The fraction of sp³-hybridized carbons (Fsp3) is 0.421. The topological polar surface area (TPSA) is 116 Å². The standard InChI is InChI=1S/C19H18ClF2N5O3/c20-18-25-16(23-5-9-8(6-28)1-2-11(21)13(9)22)14-17(26-18)27(7-24-14)19-3-10(19)15(30)12(29)4-19/h1-2,7,10,12,15,28-30H,3-6H2,(H,23,25,26)/t10-,12-,15+,19-/m0/s1. The SMILES string of the molecule is OCc1ccc(F)c(F)c1CNc1nc(Cl)nc2c1ncn2[C@@]12C[C@H](O)[C@H](O)[C@@H]1C2. The number of nitrogens with zero attached hydrogens (tertiary/aromatic N) is 4. The van der Waals surface area contributed by atoms with E-state index < -0.39 is 36.0 Å². The number of imidazole rings is 1. The second kappa shape index (κ2) is 6.81. The van der Waals surface area contributed by atoms with E-state index in [1.165, 1.54) is 6.07 Å². The maximum Gasteiger partial charge on any atom is 0.226 e. The van der Waals surface area contributed by atoms with E-state index in [4.69, 9.17) is 11.6 Å². The summed E-state index contributed by atoms with van der Waals surface area (Å²) in [6.45, 7) is -0.600. The molecule has 4 atom stereocenters. The highest BCUT2D eigenvalue weighted by Gasteiger charge is 2.66. The molecule has 2 fully saturated rings. The first-order valence-corrected chi connectivity index (χ1v) is 9.81. The molecule has 2 heterocycles. The van der Waals surface area contributed by atoms with Crippen molar-refractivity contribution < 1.29 is 24.1 Å². The number of halogens is 3. The number of aliphatic hydroxyl groups is 3. The fourth-order valence-electron chi connectivity index (χ4n) is 4.59. The van der Waals surface area contributed by atoms with Crippen molar-refractivity contribution in [1.82, 2.24) is 19.5 Å². The molecule has 0 saturated heterocycles. The molecule has 2 aromatic heterocycles. The molecule has 2 aliphatic carbocycles. The van der Waals surface area contributed by atoms with Crippen molar-refractivity contribution in [3.63, 3.8) is 0 Å². The minimum Gasteiger partial charge on any atom is -0.392 e. The van der Waals surface area contributed by atoms with Crippen LogP contribution in [-0.4, -0.2) is 47.0 Å². The summed E-state index contributed by atoms with van der Waals surface area (Å²) in [6, 6.07) is 2.28. The second-order valence-electron chi connectivity index (χ2n) is 7.81. The van der Waals surface area contributed by atoms with Gasteiger partial charge in [-0.2, -0.15) is 9.97 Å². The van der Waals surface area contributed by atoms with Crippen LogP contribution < -0.4 is 5.32 Å². The van der Waals surface area contributed by atoms with E-state index in [0.29, 0.717) is 24.0 Å². The molecule has 4 N–H and O–H groups in total. The van der Waals surface area contributed by atoms with Crippen molar-refractivity contribution in [3.8, 4) is 0 Å². The third kappa shape index (κ3) is 2.78. The predicted molar refractivity (Wildman–Crippen MR) is 103 cm³/mol. The van der Waals surface area contributed by atoms with E-state index in [1.807, 2.05) is 0 Å². The molecule has 0 unspecified atom stereocenters. The van der Waals surface area contributed by atoms with Crippen molar-refractivity contribution in [2.75, 3.05) is 5.32 Å². The zero-order valence-electron chi connectivity index (χ0n) is 15.6. The number of aromatic nitrogens is 4. The molecule has 1 aromatic carbocycles. The lowest BCUT2D eigenvalue weighted by Gasteiger charge is -2.16. The largest absolute Gasteiger partial charge is 0.392 e. The maximum atomic E-state index is 14.2. The Balaban J connectivity index is 1.50. The zero-order valence-corrected chi connectivity index (χ0v) is 16.3. The molecule has 0 radical (unpaired) electrons. The molecule has 5 rings (SSSR count). The molecule has 0 aliphatic heterocycles. The lowest BCUT2D eigenvalue weighted by molar-refractivity contribution is 0.0246. The van der Waals surface area contributed by atoms with Gasteiger partial charge in [0.15, 0.2) is 28.6 Å². The number of anilines is 1. The zero-order chi connectivity index (χ0) is 21.2. The van der Waals surface area contributed by atoms with Gasteiger partial charge in [0.25, 0.3) is 0 Å². The van der Waals surface area contributed by atoms with Crippen LogP contribution in [0.5, 0.6) is 0 Å². The van der Waals surface area contributed by atoms with Gasteiger partial charge in [-0.25, -0.2) is 13.8 Å². The number of aliphatic hydroxyl groups excluding tert-OH is 3. The number of benzene rings is 1. The van der Waals surface area contributed by atoms with Gasteiger partial charge in [-0.05, 0) is 36.1 Å². The van der Waals surface area contributed by atoms with Crippen molar-refractivity contribution in [2.45, 2.75) is 43.7 Å². The van der Waals surface area contributed by atoms with Gasteiger partial charge in [-0.15, -0.1) is 0 Å². The molecule has 11 heteroatoms. The van der Waals surface area contributed by atoms with E-state index in [-0.39, 0.29) is 34.7 Å². The Bertz CT molecular complexity index is 1160. The molecule has 8 nitrogen and oxygen atoms in total. The Morgan fingerprint density at radius 1 is 1.23 bits per heavy atom. The van der Waals surface area contributed by atoms with E-state index >= 15 is 0 Å². The van der Waals surface area contributed by atoms with Crippen molar-refractivity contribution in [2.24, 2.45) is 5.92 Å². The van der Waals surface area contributed by atoms with Gasteiger partial charge in [0.1, 0.15) is 0 Å². The van der Waals surface area contributed by atoms with Gasteiger partial charge in [0.05, 0.1) is 30.7 Å².